The van der Waals surface area contributed by atoms with E-state index in [4.69, 9.17) is 5.84 Å². The van der Waals surface area contributed by atoms with Gasteiger partial charge in [-0.05, 0) is 23.8 Å². The number of nitrogens with zero attached hydrogens (tertiary/aromatic N) is 1. The average Bonchev–Trinajstić information content (AvgIpc) is 2.87. The van der Waals surface area contributed by atoms with Crippen LogP contribution in [0.5, 0.6) is 0 Å². The molecule has 0 spiro atoms. The smallest absolute Gasteiger partial charge is 0.215 e. The Morgan fingerprint density at radius 3 is 2.67 bits per heavy atom. The van der Waals surface area contributed by atoms with Gasteiger partial charge >= 0.3 is 0 Å². The summed E-state index contributed by atoms with van der Waals surface area (Å²) in [5.41, 5.74) is 5.81. The molecule has 0 unspecified atom stereocenters. The molecule has 18 heavy (non-hydrogen) atoms. The van der Waals surface area contributed by atoms with E-state index in [1.165, 1.54) is 16.3 Å². The lowest BCUT2D eigenvalue weighted by atomic mass is 10.0. The van der Waals surface area contributed by atoms with Gasteiger partial charge in [-0.2, -0.15) is 0 Å². The van der Waals surface area contributed by atoms with Crippen LogP contribution in [0, 0.1) is 6.92 Å². The zero-order chi connectivity index (χ0) is 12.5. The van der Waals surface area contributed by atoms with E-state index < -0.39 is 0 Å². The number of nitrogen functional groups attached to an aromatic ring is 1. The number of rotatable bonds is 2. The minimum Gasteiger partial charge on any atom is -0.323 e. The zero-order valence-corrected chi connectivity index (χ0v) is 10.1. The second kappa shape index (κ2) is 4.16. The number of nitrogens with two attached hydrogens (primary N) is 1. The minimum absolute atomic E-state index is 0.564. The van der Waals surface area contributed by atoms with Gasteiger partial charge in [-0.1, -0.05) is 35.9 Å². The number of nitrogens with one attached hydrogen (secondary N) is 2. The van der Waals surface area contributed by atoms with E-state index in [1.54, 1.807) is 6.20 Å². The molecular weight excluding hydrogens is 224 g/mol. The summed E-state index contributed by atoms with van der Waals surface area (Å²) in [6, 6.07) is 12.8. The third-order valence-electron chi connectivity index (χ3n) is 3.02. The Labute approximate surface area is 105 Å². The van der Waals surface area contributed by atoms with Crippen LogP contribution in [0.1, 0.15) is 5.56 Å². The van der Waals surface area contributed by atoms with Gasteiger partial charge in [-0.25, -0.2) is 10.8 Å². The molecule has 0 radical (unpaired) electrons. The van der Waals surface area contributed by atoms with E-state index in [9.17, 15) is 0 Å². The molecule has 0 aliphatic rings. The molecule has 1 heterocycles. The molecule has 0 amide bonds. The van der Waals surface area contributed by atoms with Crippen LogP contribution in [0.2, 0.25) is 0 Å². The number of anilines is 1. The van der Waals surface area contributed by atoms with Crippen LogP contribution in [-0.2, 0) is 0 Å². The monoisotopic (exact) mass is 238 g/mol. The van der Waals surface area contributed by atoms with Crippen LogP contribution in [0.15, 0.2) is 42.6 Å². The fourth-order valence-electron chi connectivity index (χ4n) is 2.07. The highest BCUT2D eigenvalue weighted by molar-refractivity contribution is 5.87. The number of imidazole rings is 1. The number of hydrazine groups is 1. The Kier molecular flexibility index (Phi) is 2.50. The van der Waals surface area contributed by atoms with Crippen LogP contribution in [-0.4, -0.2) is 9.97 Å². The Hall–Kier alpha value is -2.33. The molecule has 0 saturated heterocycles. The third kappa shape index (κ3) is 1.83. The number of fused-ring (bicyclic) bond motifs is 1. The summed E-state index contributed by atoms with van der Waals surface area (Å²) < 4.78 is 0. The first-order valence-corrected chi connectivity index (χ1v) is 5.79. The van der Waals surface area contributed by atoms with Crippen molar-refractivity contribution in [3.8, 4) is 11.3 Å². The number of hydrogen-bond donors (Lipinski definition) is 3. The van der Waals surface area contributed by atoms with E-state index in [1.807, 2.05) is 0 Å². The first-order valence-electron chi connectivity index (χ1n) is 5.79. The van der Waals surface area contributed by atoms with E-state index in [0.29, 0.717) is 5.95 Å². The van der Waals surface area contributed by atoms with E-state index >= 15 is 0 Å². The number of aryl methyl sites for hydroxylation is 1. The molecule has 1 aromatic heterocycles. The van der Waals surface area contributed by atoms with Gasteiger partial charge in [-0.15, -0.1) is 0 Å². The summed E-state index contributed by atoms with van der Waals surface area (Å²) in [6.45, 7) is 2.10. The van der Waals surface area contributed by atoms with Crippen LogP contribution in [0.3, 0.4) is 0 Å². The fourth-order valence-corrected chi connectivity index (χ4v) is 2.07. The molecule has 0 bridgehead atoms. The lowest BCUT2D eigenvalue weighted by Crippen LogP contribution is -2.07. The first kappa shape index (κ1) is 10.8. The second-order valence-corrected chi connectivity index (χ2v) is 4.36. The van der Waals surface area contributed by atoms with Gasteiger partial charge in [0.1, 0.15) is 0 Å². The number of aromatic amines is 1. The van der Waals surface area contributed by atoms with E-state index in [0.717, 1.165) is 11.3 Å². The SMILES string of the molecule is Cc1ccc2cc(-c3cnc(NN)[nH]3)ccc2c1. The summed E-state index contributed by atoms with van der Waals surface area (Å²) in [4.78, 5) is 7.22. The average molecular weight is 238 g/mol. The standard InChI is InChI=1S/C14H14N4/c1-9-2-3-11-7-12(5-4-10(11)6-9)13-8-16-14(17-13)18-15/h2-8H,15H2,1H3,(H2,16,17,18). The van der Waals surface area contributed by atoms with Crippen LogP contribution in [0.4, 0.5) is 5.95 Å². The predicted octanol–water partition coefficient (Wildman–Crippen LogP) is 2.82. The fraction of sp³-hybridized carbons (Fsp3) is 0.0714. The van der Waals surface area contributed by atoms with E-state index in [2.05, 4.69) is 58.7 Å². The van der Waals surface area contributed by atoms with Crippen molar-refractivity contribution in [3.63, 3.8) is 0 Å². The minimum atomic E-state index is 0.564. The number of H-pyrrole nitrogens is 1. The quantitative estimate of drug-likeness (QED) is 0.475. The molecule has 2 aromatic carbocycles. The lowest BCUT2D eigenvalue weighted by molar-refractivity contribution is 1.20. The number of aromatic nitrogens is 2. The summed E-state index contributed by atoms with van der Waals surface area (Å²) in [7, 11) is 0. The molecule has 0 aliphatic carbocycles. The molecule has 3 aromatic rings. The predicted molar refractivity (Wildman–Crippen MR) is 74.1 cm³/mol. The van der Waals surface area contributed by atoms with Crippen molar-refractivity contribution in [3.05, 3.63) is 48.2 Å². The van der Waals surface area contributed by atoms with Gasteiger partial charge in [-0.3, -0.25) is 5.43 Å². The Morgan fingerprint density at radius 2 is 1.89 bits per heavy atom. The molecular formula is C14H14N4. The second-order valence-electron chi connectivity index (χ2n) is 4.36. The Morgan fingerprint density at radius 1 is 1.11 bits per heavy atom. The van der Waals surface area contributed by atoms with Crippen molar-refractivity contribution in [1.29, 1.82) is 0 Å². The summed E-state index contributed by atoms with van der Waals surface area (Å²) in [5.74, 6) is 5.87. The molecule has 3 rings (SSSR count). The van der Waals surface area contributed by atoms with E-state index in [-0.39, 0.29) is 0 Å². The maximum absolute atomic E-state index is 5.30. The van der Waals surface area contributed by atoms with Crippen molar-refractivity contribution in [2.75, 3.05) is 5.43 Å². The van der Waals surface area contributed by atoms with Crippen molar-refractivity contribution in [1.82, 2.24) is 9.97 Å². The van der Waals surface area contributed by atoms with Crippen molar-refractivity contribution < 1.29 is 0 Å². The van der Waals surface area contributed by atoms with Crippen molar-refractivity contribution in [2.45, 2.75) is 6.92 Å². The molecule has 0 fully saturated rings. The van der Waals surface area contributed by atoms with Gasteiger partial charge in [0.15, 0.2) is 0 Å². The van der Waals surface area contributed by atoms with Crippen LogP contribution in [0.25, 0.3) is 22.0 Å². The van der Waals surface area contributed by atoms with Crippen molar-refractivity contribution in [2.24, 2.45) is 5.84 Å². The summed E-state index contributed by atoms with van der Waals surface area (Å²) in [6.07, 6.45) is 1.77. The molecule has 0 atom stereocenters. The Balaban J connectivity index is 2.10. The molecule has 4 N–H and O–H groups in total. The highest BCUT2D eigenvalue weighted by atomic mass is 15.3. The largest absolute Gasteiger partial charge is 0.323 e. The number of hydrogen-bond acceptors (Lipinski definition) is 3. The normalized spacial score (nSPS) is 10.8. The lowest BCUT2D eigenvalue weighted by Gasteiger charge is -2.03. The summed E-state index contributed by atoms with van der Waals surface area (Å²) >= 11 is 0. The first-order chi connectivity index (χ1) is 8.76. The van der Waals surface area contributed by atoms with Gasteiger partial charge in [0.25, 0.3) is 0 Å². The highest BCUT2D eigenvalue weighted by Gasteiger charge is 2.03. The maximum atomic E-state index is 5.30. The maximum Gasteiger partial charge on any atom is 0.215 e. The molecule has 0 aliphatic heterocycles. The highest BCUT2D eigenvalue weighted by Crippen LogP contribution is 2.24. The number of benzene rings is 2. The Bertz CT molecular complexity index is 700. The van der Waals surface area contributed by atoms with Gasteiger partial charge in [0, 0.05) is 5.56 Å². The summed E-state index contributed by atoms with van der Waals surface area (Å²) in [5, 5.41) is 2.46. The topological polar surface area (TPSA) is 66.7 Å². The molecule has 0 saturated carbocycles. The van der Waals surface area contributed by atoms with Gasteiger partial charge in [0.2, 0.25) is 5.95 Å². The molecule has 90 valence electrons. The molecule has 4 nitrogen and oxygen atoms in total. The van der Waals surface area contributed by atoms with Gasteiger partial charge < -0.3 is 4.98 Å². The van der Waals surface area contributed by atoms with Gasteiger partial charge in [0.05, 0.1) is 11.9 Å². The van der Waals surface area contributed by atoms with Crippen LogP contribution < -0.4 is 11.3 Å². The molecule has 4 heteroatoms. The zero-order valence-electron chi connectivity index (χ0n) is 10.1. The van der Waals surface area contributed by atoms with Crippen molar-refractivity contribution >= 4 is 16.7 Å². The van der Waals surface area contributed by atoms with Crippen LogP contribution >= 0.6 is 0 Å². The third-order valence-corrected chi connectivity index (χ3v) is 3.02.